The number of nitrogens with one attached hydrogen (secondary N) is 1. The van der Waals surface area contributed by atoms with E-state index in [1.165, 1.54) is 0 Å². The van der Waals surface area contributed by atoms with Crippen molar-refractivity contribution in [1.29, 1.82) is 0 Å². The minimum Gasteiger partial charge on any atom is -0.343 e. The first-order valence-corrected chi connectivity index (χ1v) is 6.58. The van der Waals surface area contributed by atoms with Crippen molar-refractivity contribution in [2.24, 2.45) is 0 Å². The van der Waals surface area contributed by atoms with Crippen LogP contribution in [-0.2, 0) is 0 Å². The van der Waals surface area contributed by atoms with Gasteiger partial charge in [0, 0.05) is 22.2 Å². The smallest absolute Gasteiger partial charge is 0.139 e. The topological polar surface area (TPSA) is 28.7 Å². The first kappa shape index (κ1) is 11.5. The van der Waals surface area contributed by atoms with Crippen LogP contribution in [-0.4, -0.2) is 9.97 Å². The minimum absolute atomic E-state index is 0.410. The molecule has 2 nitrogen and oxygen atoms in total. The third-order valence-corrected chi connectivity index (χ3v) is 3.52. The van der Waals surface area contributed by atoms with E-state index in [-0.39, 0.29) is 0 Å². The van der Waals surface area contributed by atoms with Crippen molar-refractivity contribution in [3.8, 4) is 11.4 Å². The van der Waals surface area contributed by atoms with Crippen LogP contribution in [0.3, 0.4) is 0 Å². The normalized spacial score (nSPS) is 11.0. The number of aromatic nitrogens is 2. The Morgan fingerprint density at radius 2 is 2.19 bits per heavy atom. The Bertz CT molecular complexity index is 539. The van der Waals surface area contributed by atoms with Gasteiger partial charge in [0.25, 0.3) is 0 Å². The molecule has 0 unspecified atom stereocenters. The lowest BCUT2D eigenvalue weighted by atomic mass is 10.0. The predicted molar refractivity (Wildman–Crippen MR) is 71.6 cm³/mol. The van der Waals surface area contributed by atoms with Crippen molar-refractivity contribution in [2.75, 3.05) is 0 Å². The molecule has 2 heterocycles. The van der Waals surface area contributed by atoms with Gasteiger partial charge < -0.3 is 4.98 Å². The molecule has 2 aromatic heterocycles. The van der Waals surface area contributed by atoms with E-state index in [0.29, 0.717) is 10.6 Å². The molecule has 2 rings (SSSR count). The Morgan fingerprint density at radius 3 is 2.69 bits per heavy atom. The summed E-state index contributed by atoms with van der Waals surface area (Å²) in [5.41, 5.74) is 3.37. The number of hydrogen-bond donors (Lipinski definition) is 1. The molecule has 2 aromatic rings. The third-order valence-electron chi connectivity index (χ3n) is 2.53. The highest BCUT2D eigenvalue weighted by atomic mass is 32.1. The summed E-state index contributed by atoms with van der Waals surface area (Å²) in [6, 6.07) is 2.05. The van der Waals surface area contributed by atoms with E-state index >= 15 is 0 Å². The van der Waals surface area contributed by atoms with Crippen molar-refractivity contribution in [1.82, 2.24) is 9.97 Å². The van der Waals surface area contributed by atoms with Crippen LogP contribution < -0.4 is 0 Å². The standard InChI is InChI=1S/C12H14N2S2/c1-7(2)10-8(3)13-11(14-12(10)15)9-4-5-16-6-9/h4-7H,1-3H3,(H,13,14,15). The molecule has 0 amide bonds. The zero-order valence-electron chi connectivity index (χ0n) is 9.57. The molecule has 0 fully saturated rings. The van der Waals surface area contributed by atoms with Gasteiger partial charge in [-0.25, -0.2) is 4.98 Å². The maximum absolute atomic E-state index is 5.35. The van der Waals surface area contributed by atoms with Gasteiger partial charge in [0.05, 0.1) is 0 Å². The van der Waals surface area contributed by atoms with Crippen molar-refractivity contribution in [2.45, 2.75) is 26.7 Å². The third kappa shape index (κ3) is 2.08. The first-order chi connectivity index (χ1) is 7.59. The van der Waals surface area contributed by atoms with Crippen molar-refractivity contribution in [3.05, 3.63) is 32.7 Å². The number of rotatable bonds is 2. The monoisotopic (exact) mass is 250 g/mol. The molecule has 0 saturated heterocycles. The Morgan fingerprint density at radius 1 is 1.44 bits per heavy atom. The fraction of sp³-hybridized carbons (Fsp3) is 0.333. The highest BCUT2D eigenvalue weighted by Gasteiger charge is 2.10. The van der Waals surface area contributed by atoms with Crippen molar-refractivity contribution >= 4 is 23.6 Å². The molecule has 0 aliphatic heterocycles. The Balaban J connectivity index is 2.58. The molecular formula is C12H14N2S2. The molecule has 0 aromatic carbocycles. The van der Waals surface area contributed by atoms with Crippen LogP contribution in [0.25, 0.3) is 11.4 Å². The molecule has 0 bridgehead atoms. The summed E-state index contributed by atoms with van der Waals surface area (Å²) >= 11 is 7.01. The zero-order valence-corrected chi connectivity index (χ0v) is 11.2. The summed E-state index contributed by atoms with van der Waals surface area (Å²) in [7, 11) is 0. The largest absolute Gasteiger partial charge is 0.343 e. The quantitative estimate of drug-likeness (QED) is 0.805. The fourth-order valence-corrected chi connectivity index (χ4v) is 2.93. The second-order valence-electron chi connectivity index (χ2n) is 4.10. The fourth-order valence-electron chi connectivity index (χ4n) is 1.81. The Labute approximate surface area is 104 Å². The second-order valence-corrected chi connectivity index (χ2v) is 5.26. The van der Waals surface area contributed by atoms with E-state index in [1.54, 1.807) is 11.3 Å². The van der Waals surface area contributed by atoms with Crippen molar-refractivity contribution in [3.63, 3.8) is 0 Å². The zero-order chi connectivity index (χ0) is 11.7. The first-order valence-electron chi connectivity index (χ1n) is 5.23. The lowest BCUT2D eigenvalue weighted by Gasteiger charge is -2.10. The number of aryl methyl sites for hydroxylation is 1. The van der Waals surface area contributed by atoms with Crippen LogP contribution in [0.5, 0.6) is 0 Å². The number of nitrogens with zero attached hydrogens (tertiary/aromatic N) is 1. The summed E-state index contributed by atoms with van der Waals surface area (Å²) in [5, 5.41) is 4.11. The van der Waals surface area contributed by atoms with Gasteiger partial charge in [0.2, 0.25) is 0 Å². The van der Waals surface area contributed by atoms with E-state index in [9.17, 15) is 0 Å². The van der Waals surface area contributed by atoms with Crippen LogP contribution in [0.1, 0.15) is 31.0 Å². The average molecular weight is 250 g/mol. The van der Waals surface area contributed by atoms with Gasteiger partial charge in [-0.1, -0.05) is 26.1 Å². The molecule has 16 heavy (non-hydrogen) atoms. The van der Waals surface area contributed by atoms with E-state index in [4.69, 9.17) is 12.2 Å². The van der Waals surface area contributed by atoms with Crippen LogP contribution >= 0.6 is 23.6 Å². The molecule has 84 valence electrons. The van der Waals surface area contributed by atoms with Gasteiger partial charge in [-0.2, -0.15) is 11.3 Å². The molecule has 0 radical (unpaired) electrons. The molecule has 0 spiro atoms. The number of H-pyrrole nitrogens is 1. The van der Waals surface area contributed by atoms with E-state index in [0.717, 1.165) is 22.6 Å². The summed E-state index contributed by atoms with van der Waals surface area (Å²) in [6.07, 6.45) is 0. The molecule has 4 heteroatoms. The number of aromatic amines is 1. The predicted octanol–water partition coefficient (Wildman–Crippen LogP) is 4.30. The van der Waals surface area contributed by atoms with E-state index in [2.05, 4.69) is 36.1 Å². The van der Waals surface area contributed by atoms with Crippen LogP contribution in [0.4, 0.5) is 0 Å². The summed E-state index contributed by atoms with van der Waals surface area (Å²) < 4.78 is 0.715. The Kier molecular flexibility index (Phi) is 3.21. The Hall–Kier alpha value is -1.00. The molecule has 0 aliphatic rings. The van der Waals surface area contributed by atoms with Gasteiger partial charge in [-0.15, -0.1) is 0 Å². The SMILES string of the molecule is Cc1[nH]c(-c2ccsc2)nc(=S)c1C(C)C. The lowest BCUT2D eigenvalue weighted by molar-refractivity contribution is 0.825. The summed E-state index contributed by atoms with van der Waals surface area (Å²) in [4.78, 5) is 7.79. The maximum atomic E-state index is 5.35. The molecule has 0 saturated carbocycles. The summed E-state index contributed by atoms with van der Waals surface area (Å²) in [6.45, 7) is 6.33. The van der Waals surface area contributed by atoms with E-state index in [1.807, 2.05) is 11.4 Å². The lowest BCUT2D eigenvalue weighted by Crippen LogP contribution is -2.01. The van der Waals surface area contributed by atoms with Gasteiger partial charge >= 0.3 is 0 Å². The minimum atomic E-state index is 0.410. The molecular weight excluding hydrogens is 236 g/mol. The summed E-state index contributed by atoms with van der Waals surface area (Å²) in [5.74, 6) is 1.28. The van der Waals surface area contributed by atoms with Gasteiger partial charge in [0.1, 0.15) is 10.5 Å². The van der Waals surface area contributed by atoms with Gasteiger partial charge in [-0.05, 0) is 24.3 Å². The highest BCUT2D eigenvalue weighted by Crippen LogP contribution is 2.23. The number of thiophene rings is 1. The molecule has 0 atom stereocenters. The van der Waals surface area contributed by atoms with E-state index < -0.39 is 0 Å². The van der Waals surface area contributed by atoms with Gasteiger partial charge in [0.15, 0.2) is 0 Å². The van der Waals surface area contributed by atoms with Gasteiger partial charge in [-0.3, -0.25) is 0 Å². The highest BCUT2D eigenvalue weighted by molar-refractivity contribution is 7.71. The van der Waals surface area contributed by atoms with Crippen LogP contribution in [0.15, 0.2) is 16.8 Å². The average Bonchev–Trinajstić information content (AvgIpc) is 2.67. The maximum Gasteiger partial charge on any atom is 0.139 e. The molecule has 0 aliphatic carbocycles. The van der Waals surface area contributed by atoms with Crippen LogP contribution in [0, 0.1) is 11.6 Å². The second kappa shape index (κ2) is 4.47. The molecule has 1 N–H and O–H groups in total. The number of hydrogen-bond acceptors (Lipinski definition) is 3. The van der Waals surface area contributed by atoms with Crippen molar-refractivity contribution < 1.29 is 0 Å². The van der Waals surface area contributed by atoms with Crippen LogP contribution in [0.2, 0.25) is 0 Å².